The van der Waals surface area contributed by atoms with Crippen LogP contribution < -0.4 is 0 Å². The van der Waals surface area contributed by atoms with Crippen LogP contribution in [0.5, 0.6) is 0 Å². The molecular weight excluding hydrogens is 246 g/mol. The van der Waals surface area contributed by atoms with Gasteiger partial charge < -0.3 is 14.6 Å². The molecule has 3 aliphatic heterocycles. The maximum Gasteiger partial charge on any atom is 0.308 e. The normalized spacial score (nSPS) is 43.9. The van der Waals surface area contributed by atoms with Crippen molar-refractivity contribution in [2.24, 2.45) is 11.8 Å². The summed E-state index contributed by atoms with van der Waals surface area (Å²) in [5, 5.41) is 9.23. The molecule has 0 aliphatic carbocycles. The van der Waals surface area contributed by atoms with Gasteiger partial charge in [-0.3, -0.25) is 9.69 Å². The fourth-order valence-electron chi connectivity index (χ4n) is 3.80. The number of likely N-dealkylation sites (tertiary alicyclic amines) is 1. The smallest absolute Gasteiger partial charge is 0.308 e. The Hall–Kier alpha value is -0.650. The molecule has 5 heteroatoms. The standard InChI is InChI=1S/C14H23NO4/c1-10-7-15(8-12(10)13(16)17)11-2-4-19-14(6-11)3-5-18-9-14/h10-12H,2-9H2,1H3,(H,16,17). The highest BCUT2D eigenvalue weighted by atomic mass is 16.6. The van der Waals surface area contributed by atoms with E-state index in [1.165, 1.54) is 0 Å². The van der Waals surface area contributed by atoms with E-state index in [4.69, 9.17) is 9.47 Å². The second-order valence-electron chi connectivity index (χ2n) is 6.36. The van der Waals surface area contributed by atoms with Crippen LogP contribution in [0.25, 0.3) is 0 Å². The van der Waals surface area contributed by atoms with Gasteiger partial charge in [0.15, 0.2) is 0 Å². The largest absolute Gasteiger partial charge is 0.481 e. The molecule has 3 aliphatic rings. The Balaban J connectivity index is 1.65. The first-order chi connectivity index (χ1) is 9.10. The lowest BCUT2D eigenvalue weighted by molar-refractivity contribution is -0.142. The van der Waals surface area contributed by atoms with Crippen LogP contribution in [0.15, 0.2) is 0 Å². The van der Waals surface area contributed by atoms with Crippen LogP contribution in [0.3, 0.4) is 0 Å². The predicted octanol–water partition coefficient (Wildman–Crippen LogP) is 0.977. The molecule has 108 valence electrons. The molecule has 3 rings (SSSR count). The van der Waals surface area contributed by atoms with E-state index in [1.807, 2.05) is 6.92 Å². The van der Waals surface area contributed by atoms with E-state index in [9.17, 15) is 9.90 Å². The second-order valence-corrected chi connectivity index (χ2v) is 6.36. The van der Waals surface area contributed by atoms with E-state index in [1.54, 1.807) is 0 Å². The Morgan fingerprint density at radius 1 is 1.37 bits per heavy atom. The molecule has 1 spiro atoms. The second kappa shape index (κ2) is 5.04. The average molecular weight is 269 g/mol. The molecule has 0 amide bonds. The molecule has 3 heterocycles. The molecule has 5 nitrogen and oxygen atoms in total. The number of ether oxygens (including phenoxy) is 2. The van der Waals surface area contributed by atoms with Crippen LogP contribution in [0, 0.1) is 11.8 Å². The Morgan fingerprint density at radius 2 is 2.21 bits per heavy atom. The first-order valence-corrected chi connectivity index (χ1v) is 7.28. The lowest BCUT2D eigenvalue weighted by Crippen LogP contribution is -2.48. The molecule has 0 bridgehead atoms. The SMILES string of the molecule is CC1CN(C2CCOC3(CCOC3)C2)CC1C(=O)O. The van der Waals surface area contributed by atoms with E-state index >= 15 is 0 Å². The van der Waals surface area contributed by atoms with Crippen LogP contribution in [0.1, 0.15) is 26.2 Å². The molecule has 0 saturated carbocycles. The van der Waals surface area contributed by atoms with Crippen molar-refractivity contribution < 1.29 is 19.4 Å². The van der Waals surface area contributed by atoms with Gasteiger partial charge in [0.1, 0.15) is 0 Å². The fraction of sp³-hybridized carbons (Fsp3) is 0.929. The summed E-state index contributed by atoms with van der Waals surface area (Å²) in [6, 6.07) is 0.460. The van der Waals surface area contributed by atoms with Crippen LogP contribution in [-0.2, 0) is 14.3 Å². The Labute approximate surface area is 113 Å². The predicted molar refractivity (Wildman–Crippen MR) is 69.0 cm³/mol. The number of carboxylic acids is 1. The fourth-order valence-corrected chi connectivity index (χ4v) is 3.80. The van der Waals surface area contributed by atoms with E-state index < -0.39 is 5.97 Å². The summed E-state index contributed by atoms with van der Waals surface area (Å²) in [5.41, 5.74) is -0.0898. The summed E-state index contributed by atoms with van der Waals surface area (Å²) in [6.45, 7) is 5.91. The third-order valence-electron chi connectivity index (χ3n) is 5.01. The lowest BCUT2D eigenvalue weighted by Gasteiger charge is -2.41. The molecule has 3 saturated heterocycles. The van der Waals surface area contributed by atoms with Crippen molar-refractivity contribution in [3.05, 3.63) is 0 Å². The van der Waals surface area contributed by atoms with Gasteiger partial charge in [-0.2, -0.15) is 0 Å². The maximum absolute atomic E-state index is 11.2. The molecule has 19 heavy (non-hydrogen) atoms. The van der Waals surface area contributed by atoms with Crippen LogP contribution in [0.4, 0.5) is 0 Å². The Morgan fingerprint density at radius 3 is 2.84 bits per heavy atom. The van der Waals surface area contributed by atoms with Gasteiger partial charge in [-0.05, 0) is 18.8 Å². The number of hydrogen-bond acceptors (Lipinski definition) is 4. The molecule has 4 atom stereocenters. The summed E-state index contributed by atoms with van der Waals surface area (Å²) in [6.07, 6.45) is 2.99. The zero-order chi connectivity index (χ0) is 13.5. The molecule has 4 unspecified atom stereocenters. The topological polar surface area (TPSA) is 59.0 Å². The summed E-state index contributed by atoms with van der Waals surface area (Å²) in [5.74, 6) is -0.615. The number of rotatable bonds is 2. The molecule has 0 radical (unpaired) electrons. The Bertz CT molecular complexity index is 353. The number of carboxylic acid groups (broad SMARTS) is 1. The average Bonchev–Trinajstić information content (AvgIpc) is 2.97. The van der Waals surface area contributed by atoms with E-state index in [0.717, 1.165) is 39.0 Å². The van der Waals surface area contributed by atoms with Gasteiger partial charge in [-0.1, -0.05) is 6.92 Å². The van der Waals surface area contributed by atoms with Crippen molar-refractivity contribution >= 4 is 5.97 Å². The van der Waals surface area contributed by atoms with Crippen molar-refractivity contribution in [3.8, 4) is 0 Å². The summed E-state index contributed by atoms with van der Waals surface area (Å²) < 4.78 is 11.4. The van der Waals surface area contributed by atoms with Gasteiger partial charge in [-0.15, -0.1) is 0 Å². The minimum atomic E-state index is -0.652. The zero-order valence-electron chi connectivity index (χ0n) is 11.5. The Kier molecular flexibility index (Phi) is 3.53. The van der Waals surface area contributed by atoms with Gasteiger partial charge in [0, 0.05) is 38.8 Å². The highest BCUT2D eigenvalue weighted by Crippen LogP contribution is 2.37. The number of carbonyl (C=O) groups is 1. The first kappa shape index (κ1) is 13.3. The van der Waals surface area contributed by atoms with Crippen LogP contribution in [0.2, 0.25) is 0 Å². The molecule has 3 fully saturated rings. The molecular formula is C14H23NO4. The maximum atomic E-state index is 11.2. The van der Waals surface area contributed by atoms with Crippen LogP contribution >= 0.6 is 0 Å². The molecule has 0 aromatic carbocycles. The number of aliphatic carboxylic acids is 1. The monoisotopic (exact) mass is 269 g/mol. The minimum Gasteiger partial charge on any atom is -0.481 e. The van der Waals surface area contributed by atoms with Crippen LogP contribution in [-0.4, -0.2) is 60.5 Å². The first-order valence-electron chi connectivity index (χ1n) is 7.28. The van der Waals surface area contributed by atoms with Gasteiger partial charge in [0.05, 0.1) is 18.1 Å². The summed E-state index contributed by atoms with van der Waals surface area (Å²) in [7, 11) is 0. The highest BCUT2D eigenvalue weighted by molar-refractivity contribution is 5.71. The van der Waals surface area contributed by atoms with Crippen molar-refractivity contribution in [1.82, 2.24) is 4.90 Å². The molecule has 1 N–H and O–H groups in total. The van der Waals surface area contributed by atoms with Crippen molar-refractivity contribution in [3.63, 3.8) is 0 Å². The van der Waals surface area contributed by atoms with Gasteiger partial charge in [0.25, 0.3) is 0 Å². The number of nitrogens with zero attached hydrogens (tertiary/aromatic N) is 1. The van der Waals surface area contributed by atoms with Gasteiger partial charge in [-0.25, -0.2) is 0 Å². The van der Waals surface area contributed by atoms with Crippen molar-refractivity contribution in [1.29, 1.82) is 0 Å². The van der Waals surface area contributed by atoms with Crippen molar-refractivity contribution in [2.75, 3.05) is 32.9 Å². The van der Waals surface area contributed by atoms with Crippen molar-refractivity contribution in [2.45, 2.75) is 37.8 Å². The number of hydrogen-bond donors (Lipinski definition) is 1. The third-order valence-corrected chi connectivity index (χ3v) is 5.01. The zero-order valence-corrected chi connectivity index (χ0v) is 11.5. The van der Waals surface area contributed by atoms with E-state index in [0.29, 0.717) is 19.2 Å². The molecule has 0 aromatic heterocycles. The minimum absolute atomic E-state index is 0.0898. The highest BCUT2D eigenvalue weighted by Gasteiger charge is 2.45. The van der Waals surface area contributed by atoms with Gasteiger partial charge >= 0.3 is 5.97 Å². The summed E-state index contributed by atoms with van der Waals surface area (Å²) >= 11 is 0. The lowest BCUT2D eigenvalue weighted by atomic mass is 9.89. The summed E-state index contributed by atoms with van der Waals surface area (Å²) in [4.78, 5) is 13.6. The third kappa shape index (κ3) is 2.51. The van der Waals surface area contributed by atoms with Gasteiger partial charge in [0.2, 0.25) is 0 Å². The molecule has 0 aromatic rings. The quantitative estimate of drug-likeness (QED) is 0.809. The van der Waals surface area contributed by atoms with E-state index in [2.05, 4.69) is 4.90 Å². The van der Waals surface area contributed by atoms with E-state index in [-0.39, 0.29) is 17.4 Å².